The van der Waals surface area contributed by atoms with Gasteiger partial charge < -0.3 is 4.74 Å². The summed E-state index contributed by atoms with van der Waals surface area (Å²) in [5.41, 5.74) is -0.0223. The molecule has 2 heterocycles. The van der Waals surface area contributed by atoms with Crippen LogP contribution in [0, 0.1) is 10.1 Å². The molecule has 8 heteroatoms. The highest BCUT2D eigenvalue weighted by molar-refractivity contribution is 5.75. The molecule has 0 aromatic carbocycles. The summed E-state index contributed by atoms with van der Waals surface area (Å²) in [7, 11) is 1.38. The molecule has 2 rings (SSSR count). The van der Waals surface area contributed by atoms with Crippen molar-refractivity contribution in [3.63, 3.8) is 0 Å². The lowest BCUT2D eigenvalue weighted by Gasteiger charge is -2.21. The van der Waals surface area contributed by atoms with Crippen molar-refractivity contribution in [3.05, 3.63) is 22.5 Å². The van der Waals surface area contributed by atoms with Gasteiger partial charge in [-0.2, -0.15) is 5.10 Å². The Morgan fingerprint density at radius 3 is 3.05 bits per heavy atom. The molecule has 0 spiro atoms. The number of carbonyl (C=O) groups is 1. The first-order valence-corrected chi connectivity index (χ1v) is 6.10. The Bertz CT molecular complexity index is 473. The van der Waals surface area contributed by atoms with Crippen LogP contribution in [0.25, 0.3) is 0 Å². The second-order valence-corrected chi connectivity index (χ2v) is 4.44. The van der Waals surface area contributed by atoms with Crippen LogP contribution in [-0.2, 0) is 16.1 Å². The van der Waals surface area contributed by atoms with Crippen LogP contribution in [0.2, 0.25) is 0 Å². The molecule has 19 heavy (non-hydrogen) atoms. The maximum atomic E-state index is 11.6. The predicted octanol–water partition coefficient (Wildman–Crippen LogP) is 0.429. The van der Waals surface area contributed by atoms with E-state index in [0.29, 0.717) is 13.1 Å². The summed E-state index contributed by atoms with van der Waals surface area (Å²) < 4.78 is 6.28. The van der Waals surface area contributed by atoms with Crippen molar-refractivity contribution in [1.29, 1.82) is 0 Å². The Morgan fingerprint density at radius 2 is 2.42 bits per heavy atom. The zero-order chi connectivity index (χ0) is 13.8. The number of esters is 1. The first kappa shape index (κ1) is 13.5. The number of hydrogen-bond donors (Lipinski definition) is 0. The Hall–Kier alpha value is -1.96. The van der Waals surface area contributed by atoms with E-state index in [-0.39, 0.29) is 17.7 Å². The van der Waals surface area contributed by atoms with Gasteiger partial charge in [-0.05, 0) is 19.4 Å². The number of aromatic nitrogens is 2. The smallest absolute Gasteiger partial charge is 0.323 e. The lowest BCUT2D eigenvalue weighted by atomic mass is 10.2. The SMILES string of the molecule is COC(=O)[C@H]1CCCN1CCn1cc([N+](=O)[O-])cn1. The molecule has 0 radical (unpaired) electrons. The average Bonchev–Trinajstić information content (AvgIpc) is 3.04. The van der Waals surface area contributed by atoms with E-state index in [0.717, 1.165) is 19.4 Å². The third-order valence-electron chi connectivity index (χ3n) is 3.28. The van der Waals surface area contributed by atoms with E-state index < -0.39 is 4.92 Å². The molecule has 1 aliphatic heterocycles. The molecule has 0 unspecified atom stereocenters. The largest absolute Gasteiger partial charge is 0.468 e. The van der Waals surface area contributed by atoms with Gasteiger partial charge >= 0.3 is 11.7 Å². The monoisotopic (exact) mass is 268 g/mol. The lowest BCUT2D eigenvalue weighted by molar-refractivity contribution is -0.385. The quantitative estimate of drug-likeness (QED) is 0.437. The van der Waals surface area contributed by atoms with Crippen LogP contribution >= 0.6 is 0 Å². The second kappa shape index (κ2) is 5.79. The minimum Gasteiger partial charge on any atom is -0.468 e. The van der Waals surface area contributed by atoms with E-state index >= 15 is 0 Å². The van der Waals surface area contributed by atoms with Gasteiger partial charge in [0.15, 0.2) is 0 Å². The zero-order valence-electron chi connectivity index (χ0n) is 10.7. The molecule has 1 atom stereocenters. The van der Waals surface area contributed by atoms with E-state index in [1.807, 2.05) is 4.90 Å². The van der Waals surface area contributed by atoms with E-state index in [1.54, 1.807) is 0 Å². The third-order valence-corrected chi connectivity index (χ3v) is 3.28. The van der Waals surface area contributed by atoms with E-state index in [1.165, 1.54) is 24.2 Å². The first-order chi connectivity index (χ1) is 9.11. The summed E-state index contributed by atoms with van der Waals surface area (Å²) in [6.07, 6.45) is 4.37. The van der Waals surface area contributed by atoms with Crippen LogP contribution in [0.3, 0.4) is 0 Å². The summed E-state index contributed by atoms with van der Waals surface area (Å²) in [6, 6.07) is -0.199. The molecule has 0 aliphatic carbocycles. The molecule has 1 saturated heterocycles. The number of nitro groups is 1. The fourth-order valence-electron chi connectivity index (χ4n) is 2.30. The predicted molar refractivity (Wildman–Crippen MR) is 65.5 cm³/mol. The van der Waals surface area contributed by atoms with Crippen LogP contribution in [0.15, 0.2) is 12.4 Å². The van der Waals surface area contributed by atoms with Gasteiger partial charge in [-0.3, -0.25) is 24.5 Å². The first-order valence-electron chi connectivity index (χ1n) is 6.10. The molecule has 8 nitrogen and oxygen atoms in total. The van der Waals surface area contributed by atoms with Crippen LogP contribution in [0.1, 0.15) is 12.8 Å². The highest BCUT2D eigenvalue weighted by Crippen LogP contribution is 2.18. The van der Waals surface area contributed by atoms with Gasteiger partial charge in [0.2, 0.25) is 0 Å². The third kappa shape index (κ3) is 3.08. The van der Waals surface area contributed by atoms with Gasteiger partial charge in [0.25, 0.3) is 0 Å². The topological polar surface area (TPSA) is 90.5 Å². The zero-order valence-corrected chi connectivity index (χ0v) is 10.7. The Balaban J connectivity index is 1.90. The van der Waals surface area contributed by atoms with Crippen molar-refractivity contribution in [3.8, 4) is 0 Å². The van der Waals surface area contributed by atoms with Crippen molar-refractivity contribution in [2.24, 2.45) is 0 Å². The van der Waals surface area contributed by atoms with Gasteiger partial charge in [-0.25, -0.2) is 0 Å². The highest BCUT2D eigenvalue weighted by Gasteiger charge is 2.31. The van der Waals surface area contributed by atoms with E-state index in [4.69, 9.17) is 4.74 Å². The Labute approximate surface area is 110 Å². The number of ether oxygens (including phenoxy) is 1. The van der Waals surface area contributed by atoms with Crippen LogP contribution in [0.4, 0.5) is 5.69 Å². The van der Waals surface area contributed by atoms with Crippen molar-refractivity contribution in [2.45, 2.75) is 25.4 Å². The summed E-state index contributed by atoms with van der Waals surface area (Å²) >= 11 is 0. The molecule has 104 valence electrons. The number of nitrogens with zero attached hydrogens (tertiary/aromatic N) is 4. The Morgan fingerprint density at radius 1 is 1.63 bits per heavy atom. The maximum Gasteiger partial charge on any atom is 0.323 e. The number of carbonyl (C=O) groups excluding carboxylic acids is 1. The molecule has 1 aromatic rings. The highest BCUT2D eigenvalue weighted by atomic mass is 16.6. The molecule has 0 N–H and O–H groups in total. The molecule has 0 saturated carbocycles. The van der Waals surface area contributed by atoms with Crippen LogP contribution in [-0.4, -0.2) is 51.8 Å². The van der Waals surface area contributed by atoms with Crippen molar-refractivity contribution >= 4 is 11.7 Å². The van der Waals surface area contributed by atoms with Gasteiger partial charge in [-0.1, -0.05) is 0 Å². The summed E-state index contributed by atoms with van der Waals surface area (Å²) in [5, 5.41) is 14.5. The number of likely N-dealkylation sites (tertiary alicyclic amines) is 1. The molecule has 1 aliphatic rings. The van der Waals surface area contributed by atoms with Gasteiger partial charge in [0.05, 0.1) is 18.6 Å². The molecule has 0 amide bonds. The Kier molecular flexibility index (Phi) is 4.10. The average molecular weight is 268 g/mol. The van der Waals surface area contributed by atoms with E-state index in [9.17, 15) is 14.9 Å². The maximum absolute atomic E-state index is 11.6. The fraction of sp³-hybridized carbons (Fsp3) is 0.636. The van der Waals surface area contributed by atoms with Crippen molar-refractivity contribution in [1.82, 2.24) is 14.7 Å². The molecular formula is C11H16N4O4. The minimum absolute atomic E-state index is 0.0223. The number of hydrogen-bond acceptors (Lipinski definition) is 6. The van der Waals surface area contributed by atoms with Crippen molar-refractivity contribution in [2.75, 3.05) is 20.2 Å². The second-order valence-electron chi connectivity index (χ2n) is 4.44. The standard InChI is InChI=1S/C11H16N4O4/c1-19-11(16)10-3-2-4-13(10)5-6-14-8-9(7-12-14)15(17)18/h7-8,10H,2-6H2,1H3/t10-/m1/s1. The van der Waals surface area contributed by atoms with Crippen molar-refractivity contribution < 1.29 is 14.5 Å². The molecule has 1 aromatic heterocycles. The van der Waals surface area contributed by atoms with Crippen LogP contribution < -0.4 is 0 Å². The summed E-state index contributed by atoms with van der Waals surface area (Å²) in [6.45, 7) is 1.98. The van der Waals surface area contributed by atoms with E-state index in [2.05, 4.69) is 5.10 Å². The fourth-order valence-corrected chi connectivity index (χ4v) is 2.30. The normalized spacial score (nSPS) is 19.5. The van der Waals surface area contributed by atoms with Gasteiger partial charge in [0, 0.05) is 6.54 Å². The molecule has 0 bridgehead atoms. The molecular weight excluding hydrogens is 252 g/mol. The molecule has 1 fully saturated rings. The number of methoxy groups -OCH3 is 1. The summed E-state index contributed by atoms with van der Waals surface area (Å²) in [4.78, 5) is 23.6. The minimum atomic E-state index is -0.476. The van der Waals surface area contributed by atoms with Gasteiger partial charge in [0.1, 0.15) is 18.4 Å². The van der Waals surface area contributed by atoms with Crippen LogP contribution in [0.5, 0.6) is 0 Å². The summed E-state index contributed by atoms with van der Waals surface area (Å²) in [5.74, 6) is -0.219. The lowest BCUT2D eigenvalue weighted by Crippen LogP contribution is -2.38. The number of rotatable bonds is 5. The van der Waals surface area contributed by atoms with Gasteiger partial charge in [-0.15, -0.1) is 0 Å².